The van der Waals surface area contributed by atoms with Crippen LogP contribution in [0.25, 0.3) is 0 Å². The van der Waals surface area contributed by atoms with E-state index in [0.29, 0.717) is 11.4 Å². The summed E-state index contributed by atoms with van der Waals surface area (Å²) < 4.78 is 108. The first-order chi connectivity index (χ1) is 10.4. The van der Waals surface area contributed by atoms with E-state index in [9.17, 15) is 39.9 Å². The van der Waals surface area contributed by atoms with E-state index in [2.05, 4.69) is 56.4 Å². The van der Waals surface area contributed by atoms with Gasteiger partial charge in [0, 0.05) is 0 Å². The lowest BCUT2D eigenvalue weighted by Crippen LogP contribution is -2.75. The van der Waals surface area contributed by atoms with Crippen molar-refractivity contribution < 1.29 is 39.9 Å². The highest BCUT2D eigenvalue weighted by atomic mass is 35.5. The molecule has 0 aliphatic carbocycles. The normalized spacial score (nSPS) is 21.2. The Hall–Kier alpha value is -0.390. The Morgan fingerprint density at radius 3 is 1.50 bits per heavy atom. The fourth-order valence-corrected chi connectivity index (χ4v) is 2.75. The van der Waals surface area contributed by atoms with Gasteiger partial charge in [-0.1, -0.05) is 0 Å². The summed E-state index contributed by atoms with van der Waals surface area (Å²) in [6, 6.07) is 0. The number of amidine groups is 1. The summed E-state index contributed by atoms with van der Waals surface area (Å²) in [5, 5.41) is -21.1. The average molecular weight is 449 g/mol. The number of alkyl halides is 12. The molecule has 0 aromatic rings. The van der Waals surface area contributed by atoms with Crippen LogP contribution in [0.15, 0.2) is 9.98 Å². The van der Waals surface area contributed by atoms with Crippen LogP contribution in [0.3, 0.4) is 0 Å². The minimum absolute atomic E-state index is 0.394. The highest BCUT2D eigenvalue weighted by molar-refractivity contribution is 6.32. The largest absolute Gasteiger partial charge is 0.367 e. The molecular weight excluding hydrogens is 448 g/mol. The van der Waals surface area contributed by atoms with Gasteiger partial charge in [0.2, 0.25) is 11.6 Å². The van der Waals surface area contributed by atoms with Crippen LogP contribution in [0.4, 0.5) is 35.1 Å². The number of rotatable bonds is 4. The zero-order valence-electron chi connectivity index (χ0n) is 10.3. The number of halogens is 12. The van der Waals surface area contributed by atoms with Crippen LogP contribution in [0.1, 0.15) is 0 Å². The summed E-state index contributed by atoms with van der Waals surface area (Å²) in [5.74, 6) is -2.32. The van der Waals surface area contributed by atoms with Gasteiger partial charge < -0.3 is 0 Å². The van der Waals surface area contributed by atoms with Crippen molar-refractivity contribution in [2.24, 2.45) is 9.98 Å². The van der Waals surface area contributed by atoms with Crippen molar-refractivity contribution in [2.75, 3.05) is 0 Å². The van der Waals surface area contributed by atoms with Gasteiger partial charge in [-0.25, -0.2) is 9.79 Å². The van der Waals surface area contributed by atoms with Gasteiger partial charge in [-0.2, -0.15) is 35.1 Å². The molecule has 0 aromatic carbocycles. The SMILES string of the molecule is O=C=NC1=NC(C(F)(F)Cl)(C(F)(F)Cl)NC1(C(F)(F)Cl)C(F)(F)Cl. The smallest absolute Gasteiger partial charge is 0.255 e. The van der Waals surface area contributed by atoms with Gasteiger partial charge in [0.1, 0.15) is 0 Å². The van der Waals surface area contributed by atoms with Crippen molar-refractivity contribution in [1.29, 1.82) is 0 Å². The number of isocyanates is 1. The van der Waals surface area contributed by atoms with Crippen LogP contribution in [0.5, 0.6) is 0 Å². The molecule has 24 heavy (non-hydrogen) atoms. The number of hydrogen-bond donors (Lipinski definition) is 1. The highest BCUT2D eigenvalue weighted by Gasteiger charge is 2.83. The fourth-order valence-electron chi connectivity index (χ4n) is 1.74. The maximum atomic E-state index is 13.6. The second-order valence-electron chi connectivity index (χ2n) is 4.21. The molecule has 1 N–H and O–H groups in total. The first kappa shape index (κ1) is 21.7. The Labute approximate surface area is 146 Å². The first-order valence-electron chi connectivity index (χ1n) is 5.12. The molecular formula is C8HCl4F8N3O. The molecule has 138 valence electrons. The molecule has 0 bridgehead atoms. The molecule has 0 saturated heterocycles. The van der Waals surface area contributed by atoms with E-state index in [4.69, 9.17) is 0 Å². The molecule has 4 nitrogen and oxygen atoms in total. The second-order valence-corrected chi connectivity index (χ2v) is 6.11. The minimum atomic E-state index is -5.39. The Morgan fingerprint density at radius 2 is 1.25 bits per heavy atom. The molecule has 0 saturated carbocycles. The standard InChI is InChI=1S/C8HCl4F8N3O/c9-5(13,14)3(6(10,15)16)2(21-1-24)22-4(23-3,7(11,17)18)8(12,19)20/h23H. The Morgan fingerprint density at radius 1 is 0.875 bits per heavy atom. The zero-order valence-corrected chi connectivity index (χ0v) is 13.4. The number of nitrogens with zero attached hydrogens (tertiary/aromatic N) is 2. The monoisotopic (exact) mass is 447 g/mol. The van der Waals surface area contributed by atoms with E-state index in [1.165, 1.54) is 0 Å². The molecule has 0 fully saturated rings. The highest BCUT2D eigenvalue weighted by Crippen LogP contribution is 2.57. The summed E-state index contributed by atoms with van der Waals surface area (Å²) in [6.45, 7) is 0. The molecule has 1 heterocycles. The first-order valence-corrected chi connectivity index (χ1v) is 6.63. The topological polar surface area (TPSA) is 53.8 Å². The summed E-state index contributed by atoms with van der Waals surface area (Å²) in [5.41, 5.74) is -9.62. The van der Waals surface area contributed by atoms with Crippen molar-refractivity contribution in [3.8, 4) is 0 Å². The third-order valence-corrected chi connectivity index (χ3v) is 3.91. The minimum Gasteiger partial charge on any atom is -0.255 e. The lowest BCUT2D eigenvalue weighted by molar-refractivity contribution is -0.152. The van der Waals surface area contributed by atoms with Crippen LogP contribution in [-0.2, 0) is 4.79 Å². The Kier molecular flexibility index (Phi) is 5.25. The van der Waals surface area contributed by atoms with E-state index in [1.807, 2.05) is 0 Å². The predicted octanol–water partition coefficient (Wildman–Crippen LogP) is 4.09. The van der Waals surface area contributed by atoms with E-state index in [1.54, 1.807) is 0 Å². The molecule has 16 heteroatoms. The van der Waals surface area contributed by atoms with Crippen molar-refractivity contribution in [3.63, 3.8) is 0 Å². The van der Waals surface area contributed by atoms with E-state index < -0.39 is 38.6 Å². The third kappa shape index (κ3) is 2.97. The van der Waals surface area contributed by atoms with Crippen LogP contribution < -0.4 is 5.32 Å². The second kappa shape index (κ2) is 5.82. The van der Waals surface area contributed by atoms with Crippen molar-refractivity contribution in [1.82, 2.24) is 5.32 Å². The van der Waals surface area contributed by atoms with Crippen molar-refractivity contribution in [2.45, 2.75) is 32.7 Å². The van der Waals surface area contributed by atoms with Crippen molar-refractivity contribution in [3.05, 3.63) is 0 Å². The van der Waals surface area contributed by atoms with Crippen LogP contribution in [-0.4, -0.2) is 44.6 Å². The summed E-state index contributed by atoms with van der Waals surface area (Å²) >= 11 is 17.6. The molecule has 1 aliphatic rings. The maximum Gasteiger partial charge on any atom is 0.367 e. The van der Waals surface area contributed by atoms with Gasteiger partial charge in [0.25, 0.3) is 5.66 Å². The van der Waals surface area contributed by atoms with Gasteiger partial charge in [-0.05, 0) is 46.4 Å². The predicted molar refractivity (Wildman–Crippen MR) is 67.4 cm³/mol. The van der Waals surface area contributed by atoms with E-state index in [0.717, 1.165) is 0 Å². The molecule has 0 aromatic heterocycles. The molecule has 1 rings (SSSR count). The zero-order chi connectivity index (χ0) is 19.4. The molecule has 0 radical (unpaired) electrons. The number of carbonyl (C=O) groups excluding carboxylic acids is 1. The van der Waals surface area contributed by atoms with Gasteiger partial charge >= 0.3 is 21.5 Å². The number of aliphatic imine (C=N–C) groups is 2. The molecule has 0 spiro atoms. The van der Waals surface area contributed by atoms with E-state index in [-0.39, 0.29) is 0 Å². The van der Waals surface area contributed by atoms with Crippen molar-refractivity contribution >= 4 is 58.3 Å². The fraction of sp³-hybridized carbons (Fsp3) is 0.750. The van der Waals surface area contributed by atoms with Gasteiger partial charge in [-0.15, -0.1) is 4.99 Å². The molecule has 0 amide bonds. The Balaban J connectivity index is 3.94. The van der Waals surface area contributed by atoms with Gasteiger partial charge in [0.05, 0.1) is 0 Å². The lowest BCUT2D eigenvalue weighted by atomic mass is 9.98. The van der Waals surface area contributed by atoms with Gasteiger partial charge in [0.15, 0.2) is 5.84 Å². The summed E-state index contributed by atoms with van der Waals surface area (Å²) in [6.07, 6.45) is 0.394. The lowest BCUT2D eigenvalue weighted by Gasteiger charge is -2.41. The van der Waals surface area contributed by atoms with Crippen LogP contribution >= 0.6 is 46.4 Å². The van der Waals surface area contributed by atoms with Gasteiger partial charge in [-0.3, -0.25) is 5.32 Å². The third-order valence-electron chi connectivity index (χ3n) is 2.80. The Bertz CT molecular complexity index is 570. The van der Waals surface area contributed by atoms with Crippen LogP contribution in [0.2, 0.25) is 0 Å². The molecule has 0 unspecified atom stereocenters. The summed E-state index contributed by atoms with van der Waals surface area (Å²) in [4.78, 5) is 14.6. The summed E-state index contributed by atoms with van der Waals surface area (Å²) in [7, 11) is 0. The maximum absolute atomic E-state index is 13.6. The number of hydrogen-bond acceptors (Lipinski definition) is 4. The van der Waals surface area contributed by atoms with Crippen LogP contribution in [0, 0.1) is 0 Å². The molecule has 0 atom stereocenters. The van der Waals surface area contributed by atoms with E-state index >= 15 is 0 Å². The average Bonchev–Trinajstić information content (AvgIpc) is 2.64. The molecule has 1 aliphatic heterocycles. The number of nitrogens with one attached hydrogen (secondary N) is 1. The quantitative estimate of drug-likeness (QED) is 0.305.